The summed E-state index contributed by atoms with van der Waals surface area (Å²) in [4.78, 5) is 0. The molecule has 0 saturated carbocycles. The van der Waals surface area contributed by atoms with Crippen LogP contribution >= 0.6 is 11.6 Å². The smallest absolute Gasteiger partial charge is 0.0603 e. The molecule has 0 aliphatic heterocycles. The van der Waals surface area contributed by atoms with E-state index in [2.05, 4.69) is 6.92 Å². The van der Waals surface area contributed by atoms with Crippen LogP contribution in [0.25, 0.3) is 0 Å². The van der Waals surface area contributed by atoms with E-state index < -0.39 is 0 Å². The van der Waals surface area contributed by atoms with Crippen LogP contribution in [0.5, 0.6) is 0 Å². The van der Waals surface area contributed by atoms with E-state index in [-0.39, 0.29) is 6.10 Å². The predicted molar refractivity (Wildman–Crippen MR) is 71.6 cm³/mol. The Morgan fingerprint density at radius 3 is 2.76 bits per heavy atom. The zero-order chi connectivity index (χ0) is 12.7. The molecule has 2 nitrogen and oxygen atoms in total. The minimum Gasteiger partial charge on any atom is -0.393 e. The molecule has 17 heavy (non-hydrogen) atoms. The minimum absolute atomic E-state index is 0.382. The zero-order valence-corrected chi connectivity index (χ0v) is 11.3. The van der Waals surface area contributed by atoms with E-state index in [4.69, 9.17) is 16.3 Å². The van der Waals surface area contributed by atoms with Gasteiger partial charge in [0, 0.05) is 18.2 Å². The maximum absolute atomic E-state index is 9.86. The quantitative estimate of drug-likeness (QED) is 0.758. The SMILES string of the molecule is CCCOCCC(O)Cc1ccc(C)cc1Cl. The number of ether oxygens (including phenoxy) is 1. The highest BCUT2D eigenvalue weighted by Gasteiger charge is 2.08. The number of aliphatic hydroxyl groups is 1. The van der Waals surface area contributed by atoms with Gasteiger partial charge < -0.3 is 9.84 Å². The Hall–Kier alpha value is -0.570. The van der Waals surface area contributed by atoms with Gasteiger partial charge in [-0.2, -0.15) is 0 Å². The summed E-state index contributed by atoms with van der Waals surface area (Å²) in [6.45, 7) is 5.45. The van der Waals surface area contributed by atoms with Crippen molar-refractivity contribution < 1.29 is 9.84 Å². The number of aryl methyl sites for hydroxylation is 1. The van der Waals surface area contributed by atoms with Gasteiger partial charge in [0.15, 0.2) is 0 Å². The van der Waals surface area contributed by atoms with Crippen molar-refractivity contribution in [2.45, 2.75) is 39.2 Å². The van der Waals surface area contributed by atoms with Gasteiger partial charge in [0.25, 0.3) is 0 Å². The van der Waals surface area contributed by atoms with Crippen LogP contribution in [0.3, 0.4) is 0 Å². The van der Waals surface area contributed by atoms with Crippen molar-refractivity contribution >= 4 is 11.6 Å². The molecule has 0 bridgehead atoms. The first kappa shape index (κ1) is 14.5. The van der Waals surface area contributed by atoms with Gasteiger partial charge >= 0.3 is 0 Å². The van der Waals surface area contributed by atoms with E-state index in [9.17, 15) is 5.11 Å². The summed E-state index contributed by atoms with van der Waals surface area (Å²) in [6.07, 6.45) is 1.88. The van der Waals surface area contributed by atoms with Crippen molar-refractivity contribution in [1.29, 1.82) is 0 Å². The van der Waals surface area contributed by atoms with Gasteiger partial charge in [-0.25, -0.2) is 0 Å². The highest BCUT2D eigenvalue weighted by atomic mass is 35.5. The van der Waals surface area contributed by atoms with Gasteiger partial charge in [0.05, 0.1) is 6.10 Å². The van der Waals surface area contributed by atoms with Crippen LogP contribution in [0, 0.1) is 6.92 Å². The second-order valence-electron chi connectivity index (χ2n) is 4.35. The summed E-state index contributed by atoms with van der Waals surface area (Å²) in [5, 5.41) is 10.6. The van der Waals surface area contributed by atoms with Crippen LogP contribution in [0.15, 0.2) is 18.2 Å². The average Bonchev–Trinajstić information content (AvgIpc) is 2.28. The number of rotatable bonds is 7. The molecule has 3 heteroatoms. The molecule has 0 spiro atoms. The Morgan fingerprint density at radius 2 is 2.12 bits per heavy atom. The lowest BCUT2D eigenvalue weighted by atomic mass is 10.0. The summed E-state index contributed by atoms with van der Waals surface area (Å²) in [6, 6.07) is 5.92. The molecule has 0 aliphatic carbocycles. The van der Waals surface area contributed by atoms with Gasteiger partial charge in [-0.3, -0.25) is 0 Å². The maximum Gasteiger partial charge on any atom is 0.0603 e. The van der Waals surface area contributed by atoms with Crippen molar-refractivity contribution in [3.8, 4) is 0 Å². The highest BCUT2D eigenvalue weighted by molar-refractivity contribution is 6.31. The summed E-state index contributed by atoms with van der Waals surface area (Å²) in [5.41, 5.74) is 2.14. The van der Waals surface area contributed by atoms with Gasteiger partial charge in [-0.15, -0.1) is 0 Å². The van der Waals surface area contributed by atoms with Crippen molar-refractivity contribution in [2.24, 2.45) is 0 Å². The Labute approximate surface area is 109 Å². The van der Waals surface area contributed by atoms with E-state index in [1.165, 1.54) is 0 Å². The highest BCUT2D eigenvalue weighted by Crippen LogP contribution is 2.19. The average molecular weight is 257 g/mol. The Bertz CT molecular complexity index is 339. The third-order valence-electron chi connectivity index (χ3n) is 2.61. The zero-order valence-electron chi connectivity index (χ0n) is 10.6. The Morgan fingerprint density at radius 1 is 1.35 bits per heavy atom. The minimum atomic E-state index is -0.382. The fraction of sp³-hybridized carbons (Fsp3) is 0.571. The number of hydrogen-bond donors (Lipinski definition) is 1. The van der Waals surface area contributed by atoms with Crippen LogP contribution in [-0.4, -0.2) is 24.4 Å². The number of aliphatic hydroxyl groups excluding tert-OH is 1. The van der Waals surface area contributed by atoms with Crippen molar-refractivity contribution in [2.75, 3.05) is 13.2 Å². The van der Waals surface area contributed by atoms with Crippen LogP contribution in [0.1, 0.15) is 30.9 Å². The summed E-state index contributed by atoms with van der Waals surface area (Å²) < 4.78 is 5.35. The van der Waals surface area contributed by atoms with Crippen LogP contribution in [-0.2, 0) is 11.2 Å². The summed E-state index contributed by atoms with van der Waals surface area (Å²) in [5.74, 6) is 0. The first-order chi connectivity index (χ1) is 8.13. The summed E-state index contributed by atoms with van der Waals surface area (Å²) >= 11 is 6.12. The largest absolute Gasteiger partial charge is 0.393 e. The van der Waals surface area contributed by atoms with Crippen LogP contribution in [0.2, 0.25) is 5.02 Å². The monoisotopic (exact) mass is 256 g/mol. The lowest BCUT2D eigenvalue weighted by Gasteiger charge is -2.12. The molecule has 1 rings (SSSR count). The third kappa shape index (κ3) is 5.53. The van der Waals surface area contributed by atoms with Crippen molar-refractivity contribution in [3.63, 3.8) is 0 Å². The van der Waals surface area contributed by atoms with Gasteiger partial charge in [0.2, 0.25) is 0 Å². The molecule has 0 amide bonds. The lowest BCUT2D eigenvalue weighted by molar-refractivity contribution is 0.0824. The normalized spacial score (nSPS) is 12.7. The van der Waals surface area contributed by atoms with Crippen LogP contribution in [0.4, 0.5) is 0 Å². The predicted octanol–water partition coefficient (Wildman–Crippen LogP) is 3.37. The van der Waals surface area contributed by atoms with Crippen molar-refractivity contribution in [1.82, 2.24) is 0 Å². The van der Waals surface area contributed by atoms with E-state index in [0.29, 0.717) is 19.4 Å². The maximum atomic E-state index is 9.86. The standard InChI is InChI=1S/C14H21ClO2/c1-3-7-17-8-6-13(16)10-12-5-4-11(2)9-14(12)15/h4-5,9,13,16H,3,6-8,10H2,1-2H3. The first-order valence-electron chi connectivity index (χ1n) is 6.14. The molecule has 0 heterocycles. The molecule has 1 N–H and O–H groups in total. The van der Waals surface area contributed by atoms with E-state index in [1.807, 2.05) is 25.1 Å². The fourth-order valence-corrected chi connectivity index (χ4v) is 1.95. The molecule has 1 unspecified atom stereocenters. The fourth-order valence-electron chi connectivity index (χ4n) is 1.64. The molecule has 1 atom stereocenters. The Balaban J connectivity index is 2.37. The summed E-state index contributed by atoms with van der Waals surface area (Å²) in [7, 11) is 0. The van der Waals surface area contributed by atoms with E-state index >= 15 is 0 Å². The number of halogens is 1. The molecule has 0 aliphatic rings. The van der Waals surface area contributed by atoms with Gasteiger partial charge in [0.1, 0.15) is 0 Å². The van der Waals surface area contributed by atoms with E-state index in [1.54, 1.807) is 0 Å². The second kappa shape index (κ2) is 7.70. The molecule has 0 fully saturated rings. The van der Waals surface area contributed by atoms with Crippen LogP contribution < -0.4 is 0 Å². The van der Waals surface area contributed by atoms with Gasteiger partial charge in [-0.1, -0.05) is 30.7 Å². The third-order valence-corrected chi connectivity index (χ3v) is 2.96. The lowest BCUT2D eigenvalue weighted by Crippen LogP contribution is -2.14. The van der Waals surface area contributed by atoms with Crippen molar-refractivity contribution in [3.05, 3.63) is 34.3 Å². The van der Waals surface area contributed by atoms with Gasteiger partial charge in [-0.05, 0) is 43.4 Å². The molecule has 0 aromatic heterocycles. The molecule has 1 aromatic carbocycles. The second-order valence-corrected chi connectivity index (χ2v) is 4.76. The molecule has 0 saturated heterocycles. The number of hydrogen-bond acceptors (Lipinski definition) is 2. The molecule has 0 radical (unpaired) electrons. The van der Waals surface area contributed by atoms with E-state index in [0.717, 1.165) is 29.2 Å². The molecular formula is C14H21ClO2. The first-order valence-corrected chi connectivity index (χ1v) is 6.52. The molecule has 1 aromatic rings. The Kier molecular flexibility index (Phi) is 6.56. The molecular weight excluding hydrogens is 236 g/mol. The number of benzene rings is 1. The topological polar surface area (TPSA) is 29.5 Å². The molecule has 96 valence electrons.